The first-order chi connectivity index (χ1) is 12.9. The van der Waals surface area contributed by atoms with E-state index in [2.05, 4.69) is 17.0 Å². The van der Waals surface area contributed by atoms with Crippen LogP contribution >= 0.6 is 11.3 Å². The van der Waals surface area contributed by atoms with Crippen LogP contribution < -0.4 is 0 Å². The van der Waals surface area contributed by atoms with Gasteiger partial charge in [-0.25, -0.2) is 4.79 Å². The van der Waals surface area contributed by atoms with Crippen LogP contribution in [0.25, 0.3) is 10.2 Å². The molecular formula is C18H26N6O2S. The van der Waals surface area contributed by atoms with Crippen molar-refractivity contribution in [3.05, 3.63) is 16.6 Å². The first-order valence-electron chi connectivity index (χ1n) is 9.39. The van der Waals surface area contributed by atoms with Crippen LogP contribution in [0.5, 0.6) is 0 Å². The Hall–Kier alpha value is -2.13. The summed E-state index contributed by atoms with van der Waals surface area (Å²) >= 11 is 1.49. The van der Waals surface area contributed by atoms with Crippen molar-refractivity contribution in [2.75, 3.05) is 59.4 Å². The molecule has 2 saturated heterocycles. The maximum absolute atomic E-state index is 12.9. The first kappa shape index (κ1) is 18.2. The normalized spacial score (nSPS) is 19.1. The van der Waals surface area contributed by atoms with E-state index >= 15 is 0 Å². The van der Waals surface area contributed by atoms with E-state index in [0.717, 1.165) is 47.0 Å². The summed E-state index contributed by atoms with van der Waals surface area (Å²) < 4.78 is 1.83. The molecule has 2 aromatic rings. The molecule has 0 saturated carbocycles. The fourth-order valence-electron chi connectivity index (χ4n) is 3.77. The lowest BCUT2D eigenvalue weighted by Crippen LogP contribution is -2.57. The summed E-state index contributed by atoms with van der Waals surface area (Å²) in [6.45, 7) is 7.74. The van der Waals surface area contributed by atoms with Gasteiger partial charge in [-0.15, -0.1) is 11.3 Å². The number of aryl methyl sites for hydroxylation is 2. The van der Waals surface area contributed by atoms with E-state index in [9.17, 15) is 9.59 Å². The molecule has 0 radical (unpaired) electrons. The summed E-state index contributed by atoms with van der Waals surface area (Å²) in [5.41, 5.74) is 0.949. The number of rotatable bonds is 1. The Bertz CT molecular complexity index is 824. The highest BCUT2D eigenvalue weighted by atomic mass is 32.1. The highest BCUT2D eigenvalue weighted by Gasteiger charge is 2.29. The quantitative estimate of drug-likeness (QED) is 0.731. The Morgan fingerprint density at radius 2 is 1.48 bits per heavy atom. The summed E-state index contributed by atoms with van der Waals surface area (Å²) in [5, 5.41) is 5.44. The molecule has 0 aromatic carbocycles. The van der Waals surface area contributed by atoms with Gasteiger partial charge in [0.05, 0.1) is 10.6 Å². The third-order valence-electron chi connectivity index (χ3n) is 5.52. The third-order valence-corrected chi connectivity index (χ3v) is 6.71. The second-order valence-corrected chi connectivity index (χ2v) is 8.42. The average Bonchev–Trinajstić information content (AvgIpc) is 3.23. The summed E-state index contributed by atoms with van der Waals surface area (Å²) in [4.78, 5) is 35.3. The molecule has 3 amide bonds. The minimum Gasteiger partial charge on any atom is -0.334 e. The van der Waals surface area contributed by atoms with Crippen molar-refractivity contribution in [3.8, 4) is 0 Å². The van der Waals surface area contributed by atoms with Gasteiger partial charge in [-0.1, -0.05) is 0 Å². The molecule has 146 valence electrons. The number of amides is 3. The van der Waals surface area contributed by atoms with Gasteiger partial charge < -0.3 is 19.6 Å². The van der Waals surface area contributed by atoms with Gasteiger partial charge in [0.15, 0.2) is 0 Å². The number of piperazine rings is 2. The minimum absolute atomic E-state index is 0.0577. The van der Waals surface area contributed by atoms with Crippen LogP contribution in [0, 0.1) is 6.92 Å². The number of carbonyl (C=O) groups excluding carboxylic acids is 2. The predicted octanol–water partition coefficient (Wildman–Crippen LogP) is 1.07. The highest BCUT2D eigenvalue weighted by Crippen LogP contribution is 2.28. The molecule has 0 atom stereocenters. The van der Waals surface area contributed by atoms with Gasteiger partial charge in [-0.2, -0.15) is 5.10 Å². The lowest BCUT2D eigenvalue weighted by Gasteiger charge is -2.39. The standard InChI is InChI=1S/C18H26N6O2S/c1-13-14-12-15(27-17(14)21(3)19-13)16(25)22-8-10-24(11-9-22)18(26)23-6-4-20(2)5-7-23/h12H,4-11H2,1-3H3. The Balaban J connectivity index is 1.37. The molecule has 2 fully saturated rings. The minimum atomic E-state index is 0.0577. The predicted molar refractivity (Wildman–Crippen MR) is 105 cm³/mol. The molecule has 4 rings (SSSR count). The van der Waals surface area contributed by atoms with Gasteiger partial charge in [-0.05, 0) is 20.0 Å². The molecule has 8 nitrogen and oxygen atoms in total. The smallest absolute Gasteiger partial charge is 0.320 e. The maximum atomic E-state index is 12.9. The van der Waals surface area contributed by atoms with E-state index in [1.807, 2.05) is 39.4 Å². The maximum Gasteiger partial charge on any atom is 0.320 e. The zero-order valence-electron chi connectivity index (χ0n) is 16.1. The molecule has 0 unspecified atom stereocenters. The summed E-state index contributed by atoms with van der Waals surface area (Å²) in [6.07, 6.45) is 0. The second kappa shape index (κ2) is 7.12. The Kier molecular flexibility index (Phi) is 4.81. The number of nitrogens with zero attached hydrogens (tertiary/aromatic N) is 6. The Labute approximate surface area is 162 Å². The van der Waals surface area contributed by atoms with Crippen LogP contribution in [-0.2, 0) is 7.05 Å². The van der Waals surface area contributed by atoms with E-state index in [1.54, 1.807) is 0 Å². The van der Waals surface area contributed by atoms with E-state index < -0.39 is 0 Å². The number of urea groups is 1. The fourth-order valence-corrected chi connectivity index (χ4v) is 4.86. The lowest BCUT2D eigenvalue weighted by molar-refractivity contribution is 0.0624. The Morgan fingerprint density at radius 1 is 0.926 bits per heavy atom. The van der Waals surface area contributed by atoms with Crippen molar-refractivity contribution >= 4 is 33.5 Å². The van der Waals surface area contributed by atoms with Crippen molar-refractivity contribution in [2.24, 2.45) is 7.05 Å². The summed E-state index contributed by atoms with van der Waals surface area (Å²) in [5.74, 6) is 0.0577. The molecule has 2 aliphatic heterocycles. The van der Waals surface area contributed by atoms with Crippen LogP contribution in [0.15, 0.2) is 6.07 Å². The molecule has 0 N–H and O–H groups in total. The van der Waals surface area contributed by atoms with E-state index in [1.165, 1.54) is 11.3 Å². The largest absolute Gasteiger partial charge is 0.334 e. The van der Waals surface area contributed by atoms with Gasteiger partial charge >= 0.3 is 6.03 Å². The number of hydrogen-bond acceptors (Lipinski definition) is 5. The number of fused-ring (bicyclic) bond motifs is 1. The molecule has 4 heterocycles. The average molecular weight is 391 g/mol. The molecule has 27 heavy (non-hydrogen) atoms. The molecule has 2 aromatic heterocycles. The fraction of sp³-hybridized carbons (Fsp3) is 0.611. The summed E-state index contributed by atoms with van der Waals surface area (Å²) in [7, 11) is 3.99. The Morgan fingerprint density at radius 3 is 2.07 bits per heavy atom. The van der Waals surface area contributed by atoms with Crippen LogP contribution in [0.3, 0.4) is 0 Å². The highest BCUT2D eigenvalue weighted by molar-refractivity contribution is 7.20. The SMILES string of the molecule is Cc1nn(C)c2sc(C(=O)N3CCN(C(=O)N4CCN(C)CC4)CC3)cc12. The molecule has 9 heteroatoms. The third kappa shape index (κ3) is 3.41. The lowest BCUT2D eigenvalue weighted by atomic mass is 10.2. The zero-order valence-corrected chi connectivity index (χ0v) is 17.0. The second-order valence-electron chi connectivity index (χ2n) is 7.39. The van der Waals surface area contributed by atoms with Crippen molar-refractivity contribution in [1.82, 2.24) is 29.4 Å². The van der Waals surface area contributed by atoms with Crippen molar-refractivity contribution in [2.45, 2.75) is 6.92 Å². The van der Waals surface area contributed by atoms with Gasteiger partial charge in [0.25, 0.3) is 5.91 Å². The number of carbonyl (C=O) groups is 2. The molecule has 0 aliphatic carbocycles. The number of hydrogen-bond donors (Lipinski definition) is 0. The topological polar surface area (TPSA) is 64.9 Å². The van der Waals surface area contributed by atoms with E-state index in [0.29, 0.717) is 26.2 Å². The van der Waals surface area contributed by atoms with Crippen LogP contribution in [0.4, 0.5) is 4.79 Å². The van der Waals surface area contributed by atoms with Crippen molar-refractivity contribution in [1.29, 1.82) is 0 Å². The van der Waals surface area contributed by atoms with Gasteiger partial charge in [-0.3, -0.25) is 9.48 Å². The van der Waals surface area contributed by atoms with Crippen molar-refractivity contribution < 1.29 is 9.59 Å². The first-order valence-corrected chi connectivity index (χ1v) is 10.2. The summed E-state index contributed by atoms with van der Waals surface area (Å²) in [6, 6.07) is 2.06. The van der Waals surface area contributed by atoms with Gasteiger partial charge in [0, 0.05) is 64.8 Å². The van der Waals surface area contributed by atoms with E-state index in [4.69, 9.17) is 0 Å². The van der Waals surface area contributed by atoms with Crippen molar-refractivity contribution in [3.63, 3.8) is 0 Å². The number of aromatic nitrogens is 2. The molecule has 2 aliphatic rings. The monoisotopic (exact) mass is 390 g/mol. The van der Waals surface area contributed by atoms with E-state index in [-0.39, 0.29) is 11.9 Å². The van der Waals surface area contributed by atoms with Crippen LogP contribution in [-0.4, -0.2) is 101 Å². The van der Waals surface area contributed by atoms with Crippen LogP contribution in [0.2, 0.25) is 0 Å². The van der Waals surface area contributed by atoms with Crippen LogP contribution in [0.1, 0.15) is 15.4 Å². The molecular weight excluding hydrogens is 364 g/mol. The zero-order chi connectivity index (χ0) is 19.1. The molecule has 0 spiro atoms. The molecule has 0 bridgehead atoms. The number of thiophene rings is 1. The number of likely N-dealkylation sites (N-methyl/N-ethyl adjacent to an activating group) is 1. The van der Waals surface area contributed by atoms with Gasteiger partial charge in [0.1, 0.15) is 4.83 Å². The van der Waals surface area contributed by atoms with Gasteiger partial charge in [0.2, 0.25) is 0 Å².